The zero-order valence-electron chi connectivity index (χ0n) is 13.4. The van der Waals surface area contributed by atoms with Gasteiger partial charge in [0.25, 0.3) is 5.91 Å². The molecule has 0 aromatic heterocycles. The minimum atomic E-state index is -0.416. The van der Waals surface area contributed by atoms with Gasteiger partial charge in [-0.2, -0.15) is 5.10 Å². The molecule has 2 aromatic rings. The van der Waals surface area contributed by atoms with Crippen molar-refractivity contribution in [3.8, 4) is 11.5 Å². The van der Waals surface area contributed by atoms with Gasteiger partial charge in [0.15, 0.2) is 11.5 Å². The molecular weight excluding hydrogens is 475 g/mol. The molecule has 0 fully saturated rings. The van der Waals surface area contributed by atoms with Crippen molar-refractivity contribution in [3.63, 3.8) is 0 Å². The largest absolute Gasteiger partial charge is 0.503 e. The second-order valence-electron chi connectivity index (χ2n) is 5.06. The third-order valence-corrected chi connectivity index (χ3v) is 5.68. The maximum Gasteiger partial charge on any atom is 0.272 e. The van der Waals surface area contributed by atoms with Gasteiger partial charge in [-0.25, -0.2) is 5.43 Å². The summed E-state index contributed by atoms with van der Waals surface area (Å²) in [6, 6.07) is 6.76. The predicted octanol–water partition coefficient (Wildman–Crippen LogP) is 5.04. The van der Waals surface area contributed by atoms with Gasteiger partial charge in [0.05, 0.1) is 27.9 Å². The first-order valence-corrected chi connectivity index (χ1v) is 9.24. The van der Waals surface area contributed by atoms with E-state index in [1.54, 1.807) is 24.3 Å². The lowest BCUT2D eigenvalue weighted by atomic mass is 10.1. The second-order valence-corrected chi connectivity index (χ2v) is 7.05. The SMILES string of the molecule is CCOc1cc(/C=N/NC(=O)c2ccc(C)cc2Cl)c(Br)c(Br)c1O. The number of amides is 1. The third kappa shape index (κ3) is 4.74. The Balaban J connectivity index is 2.20. The number of ether oxygens (including phenoxy) is 1. The summed E-state index contributed by atoms with van der Waals surface area (Å²) in [6.45, 7) is 4.11. The van der Waals surface area contributed by atoms with E-state index >= 15 is 0 Å². The van der Waals surface area contributed by atoms with E-state index in [9.17, 15) is 9.90 Å². The molecule has 5 nitrogen and oxygen atoms in total. The summed E-state index contributed by atoms with van der Waals surface area (Å²) in [5.41, 5.74) is 4.34. The van der Waals surface area contributed by atoms with E-state index in [2.05, 4.69) is 42.4 Å². The lowest BCUT2D eigenvalue weighted by Crippen LogP contribution is -2.18. The standard InChI is InChI=1S/C17H15Br2ClN2O3/c1-3-25-13-7-10(14(18)15(19)16(13)23)8-21-22-17(24)11-5-4-9(2)6-12(11)20/h4-8,23H,3H2,1-2H3,(H,22,24)/b21-8+. The van der Waals surface area contributed by atoms with Crippen LogP contribution in [0.25, 0.3) is 0 Å². The molecule has 0 spiro atoms. The van der Waals surface area contributed by atoms with E-state index in [0.717, 1.165) is 5.56 Å². The molecule has 25 heavy (non-hydrogen) atoms. The van der Waals surface area contributed by atoms with Gasteiger partial charge in [-0.3, -0.25) is 4.79 Å². The molecule has 0 saturated heterocycles. The number of phenolic OH excluding ortho intramolecular Hbond substituents is 1. The Bertz CT molecular complexity index is 841. The van der Waals surface area contributed by atoms with E-state index < -0.39 is 5.91 Å². The molecule has 2 N–H and O–H groups in total. The molecule has 0 aliphatic rings. The number of hydrazone groups is 1. The van der Waals surface area contributed by atoms with E-state index in [4.69, 9.17) is 16.3 Å². The number of benzene rings is 2. The molecule has 0 aliphatic carbocycles. The fourth-order valence-corrected chi connectivity index (χ4v) is 3.15. The third-order valence-electron chi connectivity index (χ3n) is 3.21. The minimum absolute atomic E-state index is 0.0126. The highest BCUT2D eigenvalue weighted by molar-refractivity contribution is 9.13. The number of carbonyl (C=O) groups excluding carboxylic acids is 1. The van der Waals surface area contributed by atoms with Crippen LogP contribution in [0.1, 0.15) is 28.4 Å². The van der Waals surface area contributed by atoms with Gasteiger partial charge >= 0.3 is 0 Å². The first kappa shape index (κ1) is 19.8. The number of halogens is 3. The molecule has 2 aromatic carbocycles. The van der Waals surface area contributed by atoms with Crippen LogP contribution < -0.4 is 10.2 Å². The van der Waals surface area contributed by atoms with Crippen LogP contribution in [0.4, 0.5) is 0 Å². The smallest absolute Gasteiger partial charge is 0.272 e. The summed E-state index contributed by atoms with van der Waals surface area (Å²) in [5, 5.41) is 14.3. The minimum Gasteiger partial charge on any atom is -0.503 e. The van der Waals surface area contributed by atoms with E-state index in [-0.39, 0.29) is 5.75 Å². The number of aromatic hydroxyl groups is 1. The second kappa shape index (κ2) is 8.69. The number of hydrogen-bond donors (Lipinski definition) is 2. The number of nitrogens with one attached hydrogen (secondary N) is 1. The molecule has 1 amide bonds. The zero-order valence-corrected chi connectivity index (χ0v) is 17.4. The molecule has 0 unspecified atom stereocenters. The molecule has 0 bridgehead atoms. The van der Waals surface area contributed by atoms with Crippen LogP contribution in [-0.2, 0) is 0 Å². The van der Waals surface area contributed by atoms with Crippen molar-refractivity contribution < 1.29 is 14.6 Å². The summed E-state index contributed by atoms with van der Waals surface area (Å²) in [4.78, 5) is 12.1. The van der Waals surface area contributed by atoms with Crippen LogP contribution in [0.3, 0.4) is 0 Å². The average molecular weight is 491 g/mol. The normalized spacial score (nSPS) is 10.9. The molecule has 132 valence electrons. The number of aryl methyl sites for hydroxylation is 1. The van der Waals surface area contributed by atoms with Crippen molar-refractivity contribution in [1.82, 2.24) is 5.43 Å². The molecule has 0 atom stereocenters. The van der Waals surface area contributed by atoms with Gasteiger partial charge in [0.1, 0.15) is 0 Å². The Morgan fingerprint density at radius 1 is 1.36 bits per heavy atom. The quantitative estimate of drug-likeness (QED) is 0.456. The fraction of sp³-hybridized carbons (Fsp3) is 0.176. The Morgan fingerprint density at radius 2 is 2.08 bits per heavy atom. The van der Waals surface area contributed by atoms with Crippen LogP contribution in [0.15, 0.2) is 38.3 Å². The molecule has 0 aliphatic heterocycles. The van der Waals surface area contributed by atoms with Crippen LogP contribution >= 0.6 is 43.5 Å². The molecule has 8 heteroatoms. The summed E-state index contributed by atoms with van der Waals surface area (Å²) in [7, 11) is 0. The number of hydrogen-bond acceptors (Lipinski definition) is 4. The average Bonchev–Trinajstić information content (AvgIpc) is 2.56. The molecule has 0 saturated carbocycles. The van der Waals surface area contributed by atoms with Crippen LogP contribution in [0.5, 0.6) is 11.5 Å². The van der Waals surface area contributed by atoms with Gasteiger partial charge in [0.2, 0.25) is 0 Å². The molecule has 0 radical (unpaired) electrons. The number of carbonyl (C=O) groups is 1. The van der Waals surface area contributed by atoms with E-state index in [0.29, 0.717) is 37.5 Å². The van der Waals surface area contributed by atoms with Crippen LogP contribution in [-0.4, -0.2) is 23.8 Å². The van der Waals surface area contributed by atoms with Gasteiger partial charge in [-0.05, 0) is 69.5 Å². The van der Waals surface area contributed by atoms with E-state index in [1.807, 2.05) is 13.8 Å². The maximum atomic E-state index is 12.1. The topological polar surface area (TPSA) is 70.9 Å². The first-order chi connectivity index (χ1) is 11.8. The van der Waals surface area contributed by atoms with Crippen molar-refractivity contribution in [2.75, 3.05) is 6.61 Å². The lowest BCUT2D eigenvalue weighted by Gasteiger charge is -2.11. The Kier molecular flexibility index (Phi) is 6.87. The Morgan fingerprint density at radius 3 is 2.72 bits per heavy atom. The summed E-state index contributed by atoms with van der Waals surface area (Å²) in [5.74, 6) is -0.117. The monoisotopic (exact) mass is 488 g/mol. The Hall–Kier alpha value is -1.57. The van der Waals surface area contributed by atoms with Crippen molar-refractivity contribution in [2.45, 2.75) is 13.8 Å². The molecule has 0 heterocycles. The highest BCUT2D eigenvalue weighted by Crippen LogP contribution is 2.41. The molecular formula is C17H15Br2ClN2O3. The lowest BCUT2D eigenvalue weighted by molar-refractivity contribution is 0.0955. The summed E-state index contributed by atoms with van der Waals surface area (Å²) < 4.78 is 6.39. The van der Waals surface area contributed by atoms with Gasteiger partial charge in [0, 0.05) is 10.0 Å². The number of nitrogens with zero attached hydrogens (tertiary/aromatic N) is 1. The summed E-state index contributed by atoms with van der Waals surface area (Å²) >= 11 is 12.7. The van der Waals surface area contributed by atoms with Gasteiger partial charge in [-0.1, -0.05) is 17.7 Å². The highest BCUT2D eigenvalue weighted by atomic mass is 79.9. The number of phenols is 1. The van der Waals surface area contributed by atoms with Crippen molar-refractivity contribution in [2.24, 2.45) is 5.10 Å². The Labute approximate surface area is 167 Å². The van der Waals surface area contributed by atoms with Gasteiger partial charge < -0.3 is 9.84 Å². The van der Waals surface area contributed by atoms with Crippen LogP contribution in [0, 0.1) is 6.92 Å². The van der Waals surface area contributed by atoms with Crippen molar-refractivity contribution in [3.05, 3.63) is 54.9 Å². The van der Waals surface area contributed by atoms with E-state index in [1.165, 1.54) is 6.21 Å². The molecule has 2 rings (SSSR count). The highest BCUT2D eigenvalue weighted by Gasteiger charge is 2.14. The van der Waals surface area contributed by atoms with Gasteiger partial charge in [-0.15, -0.1) is 0 Å². The predicted molar refractivity (Wildman–Crippen MR) is 106 cm³/mol. The zero-order chi connectivity index (χ0) is 18.6. The maximum absolute atomic E-state index is 12.1. The van der Waals surface area contributed by atoms with Crippen LogP contribution in [0.2, 0.25) is 5.02 Å². The number of rotatable bonds is 5. The summed E-state index contributed by atoms with van der Waals surface area (Å²) in [6.07, 6.45) is 1.44. The first-order valence-electron chi connectivity index (χ1n) is 7.28. The fourth-order valence-electron chi connectivity index (χ4n) is 2.00. The van der Waals surface area contributed by atoms with Crippen molar-refractivity contribution >= 4 is 55.6 Å². The van der Waals surface area contributed by atoms with Crippen molar-refractivity contribution in [1.29, 1.82) is 0 Å².